The second-order valence-electron chi connectivity index (χ2n) is 4.58. The van der Waals surface area contributed by atoms with Gasteiger partial charge in [0.2, 0.25) is 0 Å². The maximum Gasteiger partial charge on any atom is 0.137 e. The molecule has 0 heterocycles. The Morgan fingerprint density at radius 1 is 1.14 bits per heavy atom. The first-order chi connectivity index (χ1) is 10.0. The minimum Gasteiger partial charge on any atom is -0.497 e. The van der Waals surface area contributed by atoms with Crippen molar-refractivity contribution in [3.05, 3.63) is 57.8 Å². The van der Waals surface area contributed by atoms with Crippen LogP contribution in [-0.4, -0.2) is 19.3 Å². The fourth-order valence-corrected chi connectivity index (χ4v) is 2.53. The Hall–Kier alpha value is -1.59. The maximum absolute atomic E-state index is 13.2. The van der Waals surface area contributed by atoms with E-state index in [4.69, 9.17) is 9.47 Å². The van der Waals surface area contributed by atoms with Crippen molar-refractivity contribution >= 4 is 15.9 Å². The number of rotatable bonds is 5. The molecule has 0 fully saturated rings. The molecule has 5 heteroatoms. The minimum absolute atomic E-state index is 0.327. The molecule has 0 aliphatic heterocycles. The lowest BCUT2D eigenvalue weighted by molar-refractivity contribution is 0.173. The van der Waals surface area contributed by atoms with Gasteiger partial charge in [0.15, 0.2) is 0 Å². The highest BCUT2D eigenvalue weighted by Gasteiger charge is 2.16. The van der Waals surface area contributed by atoms with E-state index in [-0.39, 0.29) is 5.82 Å². The number of hydrogen-bond acceptors (Lipinski definition) is 3. The predicted octanol–water partition coefficient (Wildman–Crippen LogP) is 3.88. The van der Waals surface area contributed by atoms with Gasteiger partial charge in [0.05, 0.1) is 24.8 Å². The number of aliphatic hydroxyl groups excluding tert-OH is 1. The summed E-state index contributed by atoms with van der Waals surface area (Å²) in [4.78, 5) is 0. The smallest absolute Gasteiger partial charge is 0.137 e. The van der Waals surface area contributed by atoms with Crippen LogP contribution in [0.4, 0.5) is 4.39 Å². The zero-order valence-electron chi connectivity index (χ0n) is 11.8. The highest BCUT2D eigenvalue weighted by atomic mass is 79.9. The lowest BCUT2D eigenvalue weighted by Crippen LogP contribution is -2.05. The molecule has 1 atom stereocenters. The van der Waals surface area contributed by atoms with Gasteiger partial charge in [0.25, 0.3) is 0 Å². The Kier molecular flexibility index (Phi) is 5.20. The predicted molar refractivity (Wildman–Crippen MR) is 82.3 cm³/mol. The van der Waals surface area contributed by atoms with Gasteiger partial charge in [-0.15, -0.1) is 0 Å². The van der Waals surface area contributed by atoms with Crippen molar-refractivity contribution in [2.24, 2.45) is 0 Å². The molecule has 3 nitrogen and oxygen atoms in total. The van der Waals surface area contributed by atoms with Crippen molar-refractivity contribution in [2.45, 2.75) is 12.5 Å². The van der Waals surface area contributed by atoms with Crippen molar-refractivity contribution in [3.63, 3.8) is 0 Å². The summed E-state index contributed by atoms with van der Waals surface area (Å²) < 4.78 is 24.0. The van der Waals surface area contributed by atoms with Crippen LogP contribution in [0.1, 0.15) is 17.2 Å². The van der Waals surface area contributed by atoms with Gasteiger partial charge < -0.3 is 14.6 Å². The van der Waals surface area contributed by atoms with Gasteiger partial charge in [-0.2, -0.15) is 0 Å². The second-order valence-corrected chi connectivity index (χ2v) is 5.43. The number of hydrogen-bond donors (Lipinski definition) is 1. The van der Waals surface area contributed by atoms with Crippen molar-refractivity contribution in [3.8, 4) is 11.5 Å². The number of aliphatic hydroxyl groups is 1. The molecular weight excluding hydrogens is 339 g/mol. The number of halogens is 2. The van der Waals surface area contributed by atoms with E-state index in [1.807, 2.05) is 0 Å². The van der Waals surface area contributed by atoms with Crippen LogP contribution < -0.4 is 9.47 Å². The Balaban J connectivity index is 2.26. The SMILES string of the molecule is COc1ccc(OC)c(C(O)Cc2ccc(F)c(Br)c2)c1. The molecule has 1 unspecified atom stereocenters. The number of benzene rings is 2. The van der Waals surface area contributed by atoms with E-state index >= 15 is 0 Å². The van der Waals surface area contributed by atoms with Crippen LogP contribution in [0.15, 0.2) is 40.9 Å². The second kappa shape index (κ2) is 6.91. The molecule has 0 aromatic heterocycles. The van der Waals surface area contributed by atoms with Crippen LogP contribution in [0.5, 0.6) is 11.5 Å². The van der Waals surface area contributed by atoms with E-state index in [0.29, 0.717) is 28.0 Å². The van der Waals surface area contributed by atoms with Gasteiger partial charge in [0, 0.05) is 12.0 Å². The first-order valence-electron chi connectivity index (χ1n) is 6.39. The summed E-state index contributed by atoms with van der Waals surface area (Å²) in [5.41, 5.74) is 1.46. The molecule has 0 radical (unpaired) electrons. The average Bonchev–Trinajstić information content (AvgIpc) is 2.50. The molecule has 0 aliphatic carbocycles. The van der Waals surface area contributed by atoms with Crippen molar-refractivity contribution in [1.82, 2.24) is 0 Å². The summed E-state index contributed by atoms with van der Waals surface area (Å²) in [7, 11) is 3.11. The number of methoxy groups -OCH3 is 2. The molecule has 21 heavy (non-hydrogen) atoms. The summed E-state index contributed by atoms with van der Waals surface area (Å²) >= 11 is 3.14. The molecule has 2 rings (SSSR count). The lowest BCUT2D eigenvalue weighted by atomic mass is 10.0. The van der Waals surface area contributed by atoms with E-state index in [1.54, 1.807) is 44.6 Å². The van der Waals surface area contributed by atoms with Crippen LogP contribution in [0.3, 0.4) is 0 Å². The maximum atomic E-state index is 13.2. The number of ether oxygens (including phenoxy) is 2. The first-order valence-corrected chi connectivity index (χ1v) is 7.18. The molecule has 0 spiro atoms. The third-order valence-corrected chi connectivity index (χ3v) is 3.82. The van der Waals surface area contributed by atoms with E-state index in [0.717, 1.165) is 5.56 Å². The van der Waals surface area contributed by atoms with Gasteiger partial charge in [-0.05, 0) is 51.8 Å². The third kappa shape index (κ3) is 3.74. The van der Waals surface area contributed by atoms with E-state index in [1.165, 1.54) is 6.07 Å². The van der Waals surface area contributed by atoms with Crippen molar-refractivity contribution < 1.29 is 19.0 Å². The van der Waals surface area contributed by atoms with Gasteiger partial charge >= 0.3 is 0 Å². The van der Waals surface area contributed by atoms with Gasteiger partial charge in [-0.25, -0.2) is 4.39 Å². The topological polar surface area (TPSA) is 38.7 Å². The average molecular weight is 355 g/mol. The summed E-state index contributed by atoms with van der Waals surface area (Å²) in [6.45, 7) is 0. The summed E-state index contributed by atoms with van der Waals surface area (Å²) in [6, 6.07) is 9.93. The molecule has 0 aliphatic rings. The fourth-order valence-electron chi connectivity index (χ4n) is 2.10. The monoisotopic (exact) mass is 354 g/mol. The molecule has 0 saturated heterocycles. The standard InChI is InChI=1S/C16H16BrFO3/c1-20-11-4-6-16(21-2)12(9-11)15(19)8-10-3-5-14(18)13(17)7-10/h3-7,9,15,19H,8H2,1-2H3. The quantitative estimate of drug-likeness (QED) is 0.885. The van der Waals surface area contributed by atoms with E-state index in [9.17, 15) is 9.50 Å². The third-order valence-electron chi connectivity index (χ3n) is 3.21. The Bertz CT molecular complexity index is 631. The van der Waals surface area contributed by atoms with Crippen LogP contribution in [0, 0.1) is 5.82 Å². The molecule has 112 valence electrons. The van der Waals surface area contributed by atoms with Crippen molar-refractivity contribution in [1.29, 1.82) is 0 Å². The van der Waals surface area contributed by atoms with Gasteiger partial charge in [-0.1, -0.05) is 6.07 Å². The molecule has 0 amide bonds. The zero-order chi connectivity index (χ0) is 15.4. The summed E-state index contributed by atoms with van der Waals surface area (Å²) in [5.74, 6) is 0.904. The minimum atomic E-state index is -0.771. The van der Waals surface area contributed by atoms with Gasteiger partial charge in [-0.3, -0.25) is 0 Å². The highest BCUT2D eigenvalue weighted by Crippen LogP contribution is 2.31. The zero-order valence-corrected chi connectivity index (χ0v) is 13.4. The molecule has 2 aromatic rings. The summed E-state index contributed by atoms with van der Waals surface area (Å²) in [5, 5.41) is 10.4. The molecule has 0 bridgehead atoms. The van der Waals surface area contributed by atoms with E-state index < -0.39 is 6.10 Å². The molecule has 1 N–H and O–H groups in total. The Morgan fingerprint density at radius 2 is 1.90 bits per heavy atom. The van der Waals surface area contributed by atoms with Crippen LogP contribution >= 0.6 is 15.9 Å². The van der Waals surface area contributed by atoms with Crippen LogP contribution in [-0.2, 0) is 6.42 Å². The fraction of sp³-hybridized carbons (Fsp3) is 0.250. The first kappa shape index (κ1) is 15.8. The van der Waals surface area contributed by atoms with Crippen molar-refractivity contribution in [2.75, 3.05) is 14.2 Å². The highest BCUT2D eigenvalue weighted by molar-refractivity contribution is 9.10. The van der Waals surface area contributed by atoms with Crippen LogP contribution in [0.2, 0.25) is 0 Å². The Morgan fingerprint density at radius 3 is 2.52 bits per heavy atom. The molecule has 2 aromatic carbocycles. The normalized spacial score (nSPS) is 12.0. The summed E-state index contributed by atoms with van der Waals surface area (Å²) in [6.07, 6.45) is -0.421. The molecule has 0 saturated carbocycles. The van der Waals surface area contributed by atoms with Gasteiger partial charge in [0.1, 0.15) is 17.3 Å². The van der Waals surface area contributed by atoms with E-state index in [2.05, 4.69) is 15.9 Å². The van der Waals surface area contributed by atoms with Crippen LogP contribution in [0.25, 0.3) is 0 Å². The lowest BCUT2D eigenvalue weighted by Gasteiger charge is -2.16. The Labute approximate surface area is 131 Å². The molecular formula is C16H16BrFO3. The largest absolute Gasteiger partial charge is 0.497 e.